The molecular formula is C27H22F3NO6S. The number of anilines is 1. The number of fused-ring (bicyclic) bond motifs is 2. The van der Waals surface area contributed by atoms with Crippen LogP contribution in [0.4, 0.5) is 18.9 Å². The lowest BCUT2D eigenvalue weighted by Crippen LogP contribution is -2.30. The molecule has 0 aromatic heterocycles. The van der Waals surface area contributed by atoms with Crippen molar-refractivity contribution in [3.8, 4) is 0 Å². The lowest BCUT2D eigenvalue weighted by molar-refractivity contribution is -0.137. The number of sulfone groups is 1. The fourth-order valence-electron chi connectivity index (χ4n) is 4.55. The molecule has 1 amide bonds. The highest BCUT2D eigenvalue weighted by molar-refractivity contribution is 7.91. The van der Waals surface area contributed by atoms with Crippen LogP contribution in [0.2, 0.25) is 0 Å². The van der Waals surface area contributed by atoms with Crippen LogP contribution in [0.3, 0.4) is 0 Å². The molecule has 0 saturated carbocycles. The Labute approximate surface area is 216 Å². The number of amides is 1. The van der Waals surface area contributed by atoms with Crippen molar-refractivity contribution in [1.29, 1.82) is 0 Å². The Kier molecular flexibility index (Phi) is 6.74. The molecule has 0 spiro atoms. The molecule has 0 bridgehead atoms. The van der Waals surface area contributed by atoms with Crippen LogP contribution in [0.1, 0.15) is 44.7 Å². The molecule has 1 fully saturated rings. The molecule has 0 aliphatic carbocycles. The number of hydrogen-bond donors (Lipinski definition) is 0. The minimum atomic E-state index is -4.60. The average molecular weight is 546 g/mol. The van der Waals surface area contributed by atoms with Crippen molar-refractivity contribution in [2.24, 2.45) is 0 Å². The molecule has 1 atom stereocenters. The molecule has 3 aromatic rings. The van der Waals surface area contributed by atoms with E-state index in [-0.39, 0.29) is 51.4 Å². The first kappa shape index (κ1) is 25.9. The molecule has 0 radical (unpaired) electrons. The maximum absolute atomic E-state index is 13.7. The molecule has 1 saturated heterocycles. The number of carbonyl (C=O) groups is 2. The molecule has 2 heterocycles. The van der Waals surface area contributed by atoms with Crippen molar-refractivity contribution in [3.63, 3.8) is 0 Å². The number of alkyl halides is 3. The van der Waals surface area contributed by atoms with Crippen LogP contribution in [0, 0.1) is 0 Å². The van der Waals surface area contributed by atoms with E-state index in [0.717, 1.165) is 29.9 Å². The Bertz CT molecular complexity index is 1510. The van der Waals surface area contributed by atoms with Crippen molar-refractivity contribution >= 4 is 27.4 Å². The highest BCUT2D eigenvalue weighted by atomic mass is 32.2. The van der Waals surface area contributed by atoms with Gasteiger partial charge in [0.15, 0.2) is 0 Å². The molecule has 3 aromatic carbocycles. The standard InChI is InChI=1S/C27H22F3NO6S/c28-27(29,30)19-6-3-5-17(13-19)15-31-22-14-18(26(33)37-16-20-7-4-12-36-20)10-11-24(22)38(34,35)23-9-2-1-8-21(23)25(31)32/h1-3,5-6,8-11,13-14,20H,4,7,12,15-16H2/t20-/m1/s1. The van der Waals surface area contributed by atoms with Crippen LogP contribution in [-0.4, -0.2) is 39.6 Å². The fourth-order valence-corrected chi connectivity index (χ4v) is 6.18. The highest BCUT2D eigenvalue weighted by Gasteiger charge is 2.37. The van der Waals surface area contributed by atoms with Crippen molar-refractivity contribution in [2.75, 3.05) is 18.1 Å². The molecule has 2 aliphatic heterocycles. The molecule has 5 rings (SSSR count). The first-order chi connectivity index (χ1) is 18.1. The zero-order valence-electron chi connectivity index (χ0n) is 19.9. The van der Waals surface area contributed by atoms with Gasteiger partial charge >= 0.3 is 12.1 Å². The molecule has 198 valence electrons. The molecular weight excluding hydrogens is 523 g/mol. The van der Waals surface area contributed by atoms with Gasteiger partial charge in [-0.1, -0.05) is 24.3 Å². The van der Waals surface area contributed by atoms with Crippen LogP contribution in [0.25, 0.3) is 0 Å². The van der Waals surface area contributed by atoms with Crippen LogP contribution in [0.5, 0.6) is 0 Å². The zero-order valence-corrected chi connectivity index (χ0v) is 20.7. The van der Waals surface area contributed by atoms with Crippen LogP contribution >= 0.6 is 0 Å². The van der Waals surface area contributed by atoms with Gasteiger partial charge in [0.05, 0.1) is 44.8 Å². The van der Waals surface area contributed by atoms with Crippen LogP contribution in [0.15, 0.2) is 76.5 Å². The van der Waals surface area contributed by atoms with E-state index >= 15 is 0 Å². The topological polar surface area (TPSA) is 90.0 Å². The third kappa shape index (κ3) is 4.91. The number of rotatable bonds is 5. The number of hydrogen-bond acceptors (Lipinski definition) is 6. The second kappa shape index (κ2) is 9.88. The van der Waals surface area contributed by atoms with Crippen molar-refractivity contribution in [2.45, 2.75) is 41.5 Å². The van der Waals surface area contributed by atoms with Gasteiger partial charge in [-0.15, -0.1) is 0 Å². The van der Waals surface area contributed by atoms with E-state index in [1.165, 1.54) is 54.6 Å². The Balaban J connectivity index is 1.59. The second-order valence-corrected chi connectivity index (χ2v) is 10.9. The third-order valence-corrected chi connectivity index (χ3v) is 8.31. The molecule has 0 N–H and O–H groups in total. The number of nitrogens with zero attached hydrogens (tertiary/aromatic N) is 1. The second-order valence-electron chi connectivity index (χ2n) is 9.01. The maximum Gasteiger partial charge on any atom is 0.416 e. The van der Waals surface area contributed by atoms with Crippen molar-refractivity contribution in [1.82, 2.24) is 0 Å². The summed E-state index contributed by atoms with van der Waals surface area (Å²) in [6.07, 6.45) is -3.24. The highest BCUT2D eigenvalue weighted by Crippen LogP contribution is 2.39. The van der Waals surface area contributed by atoms with E-state index in [2.05, 4.69) is 0 Å². The minimum Gasteiger partial charge on any atom is -0.459 e. The summed E-state index contributed by atoms with van der Waals surface area (Å²) in [4.78, 5) is 27.1. The summed E-state index contributed by atoms with van der Waals surface area (Å²) in [6, 6.07) is 13.8. The van der Waals surface area contributed by atoms with Gasteiger partial charge in [-0.05, 0) is 60.9 Å². The van der Waals surface area contributed by atoms with Crippen LogP contribution < -0.4 is 4.90 Å². The van der Waals surface area contributed by atoms with Gasteiger partial charge in [-0.25, -0.2) is 13.2 Å². The van der Waals surface area contributed by atoms with E-state index in [4.69, 9.17) is 9.47 Å². The summed E-state index contributed by atoms with van der Waals surface area (Å²) in [5.74, 6) is -1.47. The summed E-state index contributed by atoms with van der Waals surface area (Å²) < 4.78 is 77.9. The Morgan fingerprint density at radius 2 is 1.82 bits per heavy atom. The van der Waals surface area contributed by atoms with Gasteiger partial charge in [-0.2, -0.15) is 13.2 Å². The number of carbonyl (C=O) groups excluding carboxylic acids is 2. The monoisotopic (exact) mass is 545 g/mol. The molecule has 38 heavy (non-hydrogen) atoms. The molecule has 11 heteroatoms. The van der Waals surface area contributed by atoms with E-state index < -0.39 is 33.5 Å². The average Bonchev–Trinajstić information content (AvgIpc) is 3.41. The Hall–Kier alpha value is -3.70. The minimum absolute atomic E-state index is 0.00950. The molecule has 0 unspecified atom stereocenters. The quantitative estimate of drug-likeness (QED) is 0.418. The zero-order chi connectivity index (χ0) is 27.1. The van der Waals surface area contributed by atoms with Crippen molar-refractivity contribution < 1.29 is 40.7 Å². The van der Waals surface area contributed by atoms with E-state index in [1.807, 2.05) is 0 Å². The van der Waals surface area contributed by atoms with Crippen LogP contribution in [-0.2, 0) is 32.0 Å². The molecule has 7 nitrogen and oxygen atoms in total. The largest absolute Gasteiger partial charge is 0.459 e. The Morgan fingerprint density at radius 1 is 1.03 bits per heavy atom. The molecule has 2 aliphatic rings. The van der Waals surface area contributed by atoms with Gasteiger partial charge < -0.3 is 14.4 Å². The predicted molar refractivity (Wildman–Crippen MR) is 130 cm³/mol. The smallest absolute Gasteiger partial charge is 0.416 e. The summed E-state index contributed by atoms with van der Waals surface area (Å²) in [7, 11) is -4.21. The SMILES string of the molecule is O=C(OC[C@H]1CCCO1)c1ccc2c(c1)N(Cc1cccc(C(F)(F)F)c1)C(=O)c1ccccc1S2(=O)=O. The number of benzene rings is 3. The third-order valence-electron chi connectivity index (χ3n) is 6.45. The van der Waals surface area contributed by atoms with Gasteiger partial charge in [0, 0.05) is 6.61 Å². The number of ether oxygens (including phenoxy) is 2. The van der Waals surface area contributed by atoms with E-state index in [1.54, 1.807) is 0 Å². The summed E-state index contributed by atoms with van der Waals surface area (Å²) in [6.45, 7) is 0.229. The summed E-state index contributed by atoms with van der Waals surface area (Å²) in [5.41, 5.74) is -1.04. The first-order valence-electron chi connectivity index (χ1n) is 11.8. The van der Waals surface area contributed by atoms with Gasteiger partial charge in [-0.3, -0.25) is 4.79 Å². The number of esters is 1. The van der Waals surface area contributed by atoms with Gasteiger partial charge in [0.1, 0.15) is 6.61 Å². The summed E-state index contributed by atoms with van der Waals surface area (Å²) >= 11 is 0. The summed E-state index contributed by atoms with van der Waals surface area (Å²) in [5, 5.41) is 0. The maximum atomic E-state index is 13.7. The normalized spacial score (nSPS) is 18.4. The lowest BCUT2D eigenvalue weighted by Gasteiger charge is -2.24. The lowest BCUT2D eigenvalue weighted by atomic mass is 10.1. The fraction of sp³-hybridized carbons (Fsp3) is 0.259. The first-order valence-corrected chi connectivity index (χ1v) is 13.3. The van der Waals surface area contributed by atoms with E-state index in [9.17, 15) is 31.2 Å². The van der Waals surface area contributed by atoms with Gasteiger partial charge in [0.25, 0.3) is 5.91 Å². The Morgan fingerprint density at radius 3 is 2.55 bits per heavy atom. The van der Waals surface area contributed by atoms with Gasteiger partial charge in [0.2, 0.25) is 9.84 Å². The van der Waals surface area contributed by atoms with E-state index in [0.29, 0.717) is 6.61 Å². The van der Waals surface area contributed by atoms with Crippen molar-refractivity contribution in [3.05, 3.63) is 89.0 Å². The predicted octanol–water partition coefficient (Wildman–Crippen LogP) is 5.03. The number of halogens is 3.